The number of quaternary nitrogens is 1. The van der Waals surface area contributed by atoms with E-state index in [0.29, 0.717) is 0 Å². The molecule has 1 saturated heterocycles. The highest BCUT2D eigenvalue weighted by molar-refractivity contribution is 8.01. The van der Waals surface area contributed by atoms with E-state index in [9.17, 15) is 4.79 Å². The molecule has 0 aromatic heterocycles. The van der Waals surface area contributed by atoms with Crippen molar-refractivity contribution in [1.29, 1.82) is 0 Å². The number of thioether (sulfide) groups is 1. The lowest BCUT2D eigenvalue weighted by atomic mass is 10.2. The van der Waals surface area contributed by atoms with E-state index in [1.165, 1.54) is 10.5 Å². The zero-order valence-electron chi connectivity index (χ0n) is 12.6. The molecular formula is C15H23N2O2S+. The number of ether oxygens (including phenoxy) is 1. The monoisotopic (exact) mass is 295 g/mol. The summed E-state index contributed by atoms with van der Waals surface area (Å²) in [5.41, 5.74) is 1.17. The van der Waals surface area contributed by atoms with Gasteiger partial charge in [-0.05, 0) is 24.6 Å². The van der Waals surface area contributed by atoms with Crippen LogP contribution in [0.2, 0.25) is 0 Å². The van der Waals surface area contributed by atoms with Gasteiger partial charge < -0.3 is 14.5 Å². The molecule has 1 heterocycles. The van der Waals surface area contributed by atoms with E-state index in [-0.39, 0.29) is 16.5 Å². The van der Waals surface area contributed by atoms with Crippen molar-refractivity contribution < 1.29 is 14.4 Å². The molecule has 0 aliphatic carbocycles. The van der Waals surface area contributed by atoms with Gasteiger partial charge >= 0.3 is 0 Å². The van der Waals surface area contributed by atoms with Crippen LogP contribution in [0.1, 0.15) is 17.9 Å². The van der Waals surface area contributed by atoms with Crippen molar-refractivity contribution in [2.24, 2.45) is 0 Å². The zero-order chi connectivity index (χ0) is 14.7. The predicted molar refractivity (Wildman–Crippen MR) is 82.2 cm³/mol. The molecule has 2 atom stereocenters. The van der Waals surface area contributed by atoms with Crippen LogP contribution in [0.15, 0.2) is 24.3 Å². The van der Waals surface area contributed by atoms with Crippen LogP contribution in [-0.4, -0.2) is 50.4 Å². The number of hydrogen-bond acceptors (Lipinski definition) is 3. The normalized spacial score (nSPS) is 22.6. The summed E-state index contributed by atoms with van der Waals surface area (Å²) >= 11 is 1.73. The van der Waals surface area contributed by atoms with Gasteiger partial charge in [0.25, 0.3) is 0 Å². The summed E-state index contributed by atoms with van der Waals surface area (Å²) in [6.45, 7) is 3.76. The summed E-state index contributed by atoms with van der Waals surface area (Å²) in [6.07, 6.45) is 0. The number of nitrogens with zero attached hydrogens (tertiary/aromatic N) is 1. The highest BCUT2D eigenvalue weighted by atomic mass is 32.2. The summed E-state index contributed by atoms with van der Waals surface area (Å²) in [6, 6.07) is 8.02. The van der Waals surface area contributed by atoms with Gasteiger partial charge in [-0.1, -0.05) is 12.1 Å². The van der Waals surface area contributed by atoms with E-state index in [1.807, 2.05) is 24.0 Å². The lowest BCUT2D eigenvalue weighted by Crippen LogP contribution is -3.06. The van der Waals surface area contributed by atoms with Crippen LogP contribution in [0, 0.1) is 0 Å². The molecule has 110 valence electrons. The molecule has 1 aliphatic heterocycles. The number of amides is 1. The van der Waals surface area contributed by atoms with Crippen molar-refractivity contribution in [3.63, 3.8) is 0 Å². The minimum atomic E-state index is 0.0410. The van der Waals surface area contributed by atoms with Crippen molar-refractivity contribution in [2.45, 2.75) is 17.5 Å². The Morgan fingerprint density at radius 1 is 1.30 bits per heavy atom. The van der Waals surface area contributed by atoms with Crippen LogP contribution < -0.4 is 9.64 Å². The van der Waals surface area contributed by atoms with Crippen molar-refractivity contribution in [1.82, 2.24) is 4.90 Å². The largest absolute Gasteiger partial charge is 0.497 e. The number of methoxy groups -OCH3 is 1. The Morgan fingerprint density at radius 3 is 2.50 bits per heavy atom. The van der Waals surface area contributed by atoms with Crippen LogP contribution in [0.3, 0.4) is 0 Å². The quantitative estimate of drug-likeness (QED) is 0.872. The lowest BCUT2D eigenvalue weighted by Gasteiger charge is -2.24. The third kappa shape index (κ3) is 3.27. The Balaban J connectivity index is 2.16. The SMILES string of the molecule is COc1ccc([C@H]2S[C@@H](C)C(=O)N2CC[NH+](C)C)cc1. The van der Waals surface area contributed by atoms with E-state index in [2.05, 4.69) is 26.2 Å². The number of nitrogens with one attached hydrogen (secondary N) is 1. The Morgan fingerprint density at radius 2 is 1.95 bits per heavy atom. The second-order valence-electron chi connectivity index (χ2n) is 5.39. The minimum Gasteiger partial charge on any atom is -0.497 e. The summed E-state index contributed by atoms with van der Waals surface area (Å²) in [4.78, 5) is 15.7. The topological polar surface area (TPSA) is 34.0 Å². The first-order chi connectivity index (χ1) is 9.52. The fourth-order valence-corrected chi connectivity index (χ4v) is 3.58. The van der Waals surface area contributed by atoms with E-state index in [0.717, 1.165) is 18.8 Å². The number of rotatable bonds is 5. The van der Waals surface area contributed by atoms with Gasteiger partial charge in [0, 0.05) is 0 Å². The predicted octanol–water partition coefficient (Wildman–Crippen LogP) is 0.802. The summed E-state index contributed by atoms with van der Waals surface area (Å²) in [5, 5.41) is 0.169. The number of hydrogen-bond donors (Lipinski definition) is 1. The van der Waals surface area contributed by atoms with E-state index in [4.69, 9.17) is 4.74 Å². The molecule has 0 radical (unpaired) electrons. The Kier molecular flexibility index (Phi) is 4.94. The van der Waals surface area contributed by atoms with E-state index < -0.39 is 0 Å². The van der Waals surface area contributed by atoms with E-state index >= 15 is 0 Å². The number of benzene rings is 1. The van der Waals surface area contributed by atoms with Gasteiger partial charge in [0.2, 0.25) is 5.91 Å². The fraction of sp³-hybridized carbons (Fsp3) is 0.533. The third-order valence-corrected chi connectivity index (χ3v) is 4.89. The molecule has 0 bridgehead atoms. The molecule has 1 aliphatic rings. The molecule has 4 nitrogen and oxygen atoms in total. The molecule has 2 rings (SSSR count). The Hall–Kier alpha value is -1.20. The molecule has 0 spiro atoms. The van der Waals surface area contributed by atoms with Crippen LogP contribution in [0.5, 0.6) is 5.75 Å². The van der Waals surface area contributed by atoms with Crippen molar-refractivity contribution in [3.05, 3.63) is 29.8 Å². The molecule has 1 aromatic rings. The third-order valence-electron chi connectivity index (χ3n) is 3.50. The first-order valence-corrected chi connectivity index (χ1v) is 7.86. The Bertz CT molecular complexity index is 461. The van der Waals surface area contributed by atoms with E-state index in [1.54, 1.807) is 18.9 Å². The Labute approximate surface area is 125 Å². The van der Waals surface area contributed by atoms with Crippen molar-refractivity contribution in [3.8, 4) is 5.75 Å². The smallest absolute Gasteiger partial charge is 0.236 e. The number of carbonyl (C=O) groups is 1. The van der Waals surface area contributed by atoms with Gasteiger partial charge in [-0.15, -0.1) is 11.8 Å². The molecule has 5 heteroatoms. The molecule has 0 unspecified atom stereocenters. The second-order valence-corrected chi connectivity index (χ2v) is 6.82. The van der Waals surface area contributed by atoms with Crippen LogP contribution in [0.25, 0.3) is 0 Å². The molecule has 1 amide bonds. The van der Waals surface area contributed by atoms with Gasteiger partial charge in [-0.3, -0.25) is 4.79 Å². The summed E-state index contributed by atoms with van der Waals surface area (Å²) in [5.74, 6) is 1.09. The standard InChI is InChI=1S/C15H22N2O2S/c1-11-14(18)17(10-9-16(2)3)15(20-11)12-5-7-13(19-4)8-6-12/h5-8,11,15H,9-10H2,1-4H3/p+1/t11-,15+/m0/s1. The zero-order valence-corrected chi connectivity index (χ0v) is 13.4. The first-order valence-electron chi connectivity index (χ1n) is 6.92. The van der Waals surface area contributed by atoms with Crippen molar-refractivity contribution >= 4 is 17.7 Å². The van der Waals surface area contributed by atoms with Crippen LogP contribution >= 0.6 is 11.8 Å². The van der Waals surface area contributed by atoms with Gasteiger partial charge in [-0.25, -0.2) is 0 Å². The van der Waals surface area contributed by atoms with Gasteiger partial charge in [0.1, 0.15) is 11.1 Å². The molecule has 1 fully saturated rings. The summed E-state index contributed by atoms with van der Waals surface area (Å²) in [7, 11) is 5.89. The van der Waals surface area contributed by atoms with Gasteiger partial charge in [0.15, 0.2) is 0 Å². The minimum absolute atomic E-state index is 0.0410. The van der Waals surface area contributed by atoms with Gasteiger partial charge in [0.05, 0.1) is 39.5 Å². The van der Waals surface area contributed by atoms with Crippen molar-refractivity contribution in [2.75, 3.05) is 34.3 Å². The number of likely N-dealkylation sites (N-methyl/N-ethyl adjacent to an activating group) is 1. The van der Waals surface area contributed by atoms with Gasteiger partial charge in [-0.2, -0.15) is 0 Å². The molecular weight excluding hydrogens is 272 g/mol. The number of carbonyl (C=O) groups excluding carboxylic acids is 1. The summed E-state index contributed by atoms with van der Waals surface area (Å²) < 4.78 is 5.19. The van der Waals surface area contributed by atoms with Crippen LogP contribution in [0.4, 0.5) is 0 Å². The molecule has 20 heavy (non-hydrogen) atoms. The molecule has 1 aromatic carbocycles. The first kappa shape index (κ1) is 15.2. The average molecular weight is 295 g/mol. The highest BCUT2D eigenvalue weighted by Gasteiger charge is 2.38. The second kappa shape index (κ2) is 6.50. The maximum Gasteiger partial charge on any atom is 0.236 e. The average Bonchev–Trinajstić information content (AvgIpc) is 2.72. The maximum absolute atomic E-state index is 12.3. The fourth-order valence-electron chi connectivity index (χ4n) is 2.27. The highest BCUT2D eigenvalue weighted by Crippen LogP contribution is 2.42. The maximum atomic E-state index is 12.3. The molecule has 1 N–H and O–H groups in total. The van der Waals surface area contributed by atoms with Crippen LogP contribution in [-0.2, 0) is 4.79 Å². The molecule has 0 saturated carbocycles. The lowest BCUT2D eigenvalue weighted by molar-refractivity contribution is -0.857.